The maximum absolute atomic E-state index is 12.8. The molecule has 1 amide bonds. The first-order chi connectivity index (χ1) is 18.1. The second-order valence-electron chi connectivity index (χ2n) is 18.5. The lowest BCUT2D eigenvalue weighted by atomic mass is 9.72. The Balaban J connectivity index is 0.000000435. The lowest BCUT2D eigenvalue weighted by Crippen LogP contribution is -2.59. The van der Waals surface area contributed by atoms with Crippen LogP contribution in [-0.2, 0) is 13.6 Å². The van der Waals surface area contributed by atoms with Gasteiger partial charge in [-0.15, -0.1) is 0 Å². The van der Waals surface area contributed by atoms with Gasteiger partial charge in [-0.3, -0.25) is 4.90 Å². The highest BCUT2D eigenvalue weighted by atomic mass is 28.4. The highest BCUT2D eigenvalue weighted by Crippen LogP contribution is 2.42. The van der Waals surface area contributed by atoms with Gasteiger partial charge in [-0.05, 0) is 121 Å². The molecule has 244 valence electrons. The lowest BCUT2D eigenvalue weighted by molar-refractivity contribution is -0.0355. The molecular weight excluding hydrogens is 543 g/mol. The fourth-order valence-corrected chi connectivity index (χ4v) is 7.57. The number of nitrogens with zero attached hydrogens (tertiary/aromatic N) is 1. The second-order valence-corrected chi connectivity index (χ2v) is 28.1. The van der Waals surface area contributed by atoms with Gasteiger partial charge in [-0.25, -0.2) is 4.79 Å². The molecule has 7 heteroatoms. The van der Waals surface area contributed by atoms with Gasteiger partial charge in [-0.2, -0.15) is 0 Å². The van der Waals surface area contributed by atoms with E-state index < -0.39 is 22.2 Å². The molecule has 1 saturated heterocycles. The van der Waals surface area contributed by atoms with E-state index in [4.69, 9.17) is 13.6 Å². The van der Waals surface area contributed by atoms with Crippen molar-refractivity contribution in [2.24, 2.45) is 11.3 Å². The van der Waals surface area contributed by atoms with Gasteiger partial charge < -0.3 is 13.6 Å². The fraction of sp³-hybridized carbons (Fsp3) is 0.971. The Bertz CT molecular complexity index is 831. The Kier molecular flexibility index (Phi) is 12.9. The molecule has 0 unspecified atom stereocenters. The van der Waals surface area contributed by atoms with Gasteiger partial charge in [0.2, 0.25) is 0 Å². The van der Waals surface area contributed by atoms with Gasteiger partial charge in [0.15, 0.2) is 16.6 Å². The van der Waals surface area contributed by atoms with Crippen LogP contribution in [0.2, 0.25) is 36.3 Å². The van der Waals surface area contributed by atoms with Crippen molar-refractivity contribution in [3.8, 4) is 0 Å². The summed E-state index contributed by atoms with van der Waals surface area (Å²) >= 11 is 0. The van der Waals surface area contributed by atoms with Crippen LogP contribution in [0.3, 0.4) is 0 Å². The Morgan fingerprint density at radius 1 is 0.756 bits per heavy atom. The average Bonchev–Trinajstić information content (AvgIpc) is 2.72. The molecule has 0 radical (unpaired) electrons. The SMILES string of the molecule is CC(C)(C)OC(=O)N1[C@@H](CO[Si](C)(C)C(C)(C)C)CCCC1(C)C.CC1(C)CCC[C@H](CO[Si](C)(C)C(C)(C)C)C1. The van der Waals surface area contributed by atoms with Crippen molar-refractivity contribution in [2.75, 3.05) is 13.2 Å². The van der Waals surface area contributed by atoms with E-state index in [1.54, 1.807) is 0 Å². The molecule has 1 aliphatic heterocycles. The Hall–Kier alpha value is -0.376. The van der Waals surface area contributed by atoms with Gasteiger partial charge in [-0.1, -0.05) is 61.8 Å². The number of hydrogen-bond donors (Lipinski definition) is 0. The summed E-state index contributed by atoms with van der Waals surface area (Å²) in [6.45, 7) is 39.4. The summed E-state index contributed by atoms with van der Waals surface area (Å²) in [4.78, 5) is 14.8. The zero-order chi connectivity index (χ0) is 32.3. The molecule has 2 fully saturated rings. The standard InChI is InChI=1S/C19H39NO3Si.C15H32OSi/c1-17(2,3)23-16(21)20-15(12-11-13-19(20,7)8)14-22-24(9,10)18(4,5)6;1-14(2,3)17(6,7)16-12-13-9-8-10-15(4,5)11-13/h15H,11-14H2,1-10H3;13H,8-12H2,1-7H3/t15-;13-/m10/s1. The van der Waals surface area contributed by atoms with E-state index in [0.717, 1.165) is 31.8 Å². The predicted octanol–water partition coefficient (Wildman–Crippen LogP) is 10.8. The van der Waals surface area contributed by atoms with Crippen LogP contribution in [0.4, 0.5) is 4.79 Å². The topological polar surface area (TPSA) is 48.0 Å². The van der Waals surface area contributed by atoms with Crippen LogP contribution in [0, 0.1) is 11.3 Å². The van der Waals surface area contributed by atoms with Crippen LogP contribution in [0.15, 0.2) is 0 Å². The smallest absolute Gasteiger partial charge is 0.411 e. The van der Waals surface area contributed by atoms with E-state index in [1.165, 1.54) is 25.7 Å². The first-order valence-corrected chi connectivity index (χ1v) is 22.2. The minimum absolute atomic E-state index is 0.0951. The molecule has 1 saturated carbocycles. The molecule has 2 aliphatic rings. The summed E-state index contributed by atoms with van der Waals surface area (Å²) in [7, 11) is -3.36. The zero-order valence-corrected chi connectivity index (χ0v) is 32.6. The van der Waals surface area contributed by atoms with Crippen molar-refractivity contribution < 1.29 is 18.4 Å². The number of amides is 1. The van der Waals surface area contributed by atoms with Crippen LogP contribution in [0.25, 0.3) is 0 Å². The largest absolute Gasteiger partial charge is 0.444 e. The summed E-state index contributed by atoms with van der Waals surface area (Å²) in [5, 5.41) is 0.519. The number of likely N-dealkylation sites (tertiary alicyclic amines) is 1. The van der Waals surface area contributed by atoms with E-state index in [1.807, 2.05) is 25.7 Å². The van der Waals surface area contributed by atoms with Crippen molar-refractivity contribution in [3.63, 3.8) is 0 Å². The third-order valence-electron chi connectivity index (χ3n) is 10.2. The molecule has 0 spiro atoms. The molecule has 0 aromatic carbocycles. The molecular formula is C34H71NO4Si2. The molecule has 0 aromatic heterocycles. The molecule has 0 bridgehead atoms. The van der Waals surface area contributed by atoms with Crippen LogP contribution >= 0.6 is 0 Å². The number of ether oxygens (including phenoxy) is 1. The van der Waals surface area contributed by atoms with E-state index in [2.05, 4.69) is 95.4 Å². The molecule has 1 aliphatic carbocycles. The van der Waals surface area contributed by atoms with Gasteiger partial charge >= 0.3 is 6.09 Å². The van der Waals surface area contributed by atoms with E-state index >= 15 is 0 Å². The first-order valence-electron chi connectivity index (χ1n) is 16.4. The van der Waals surface area contributed by atoms with Crippen molar-refractivity contribution in [1.82, 2.24) is 4.90 Å². The minimum Gasteiger partial charge on any atom is -0.444 e. The molecule has 2 rings (SSSR count). The summed E-state index contributed by atoms with van der Waals surface area (Å²) < 4.78 is 18.5. The van der Waals surface area contributed by atoms with Gasteiger partial charge in [0.1, 0.15) is 5.60 Å². The predicted molar refractivity (Wildman–Crippen MR) is 182 cm³/mol. The average molecular weight is 614 g/mol. The van der Waals surface area contributed by atoms with Crippen LogP contribution in [0.5, 0.6) is 0 Å². The van der Waals surface area contributed by atoms with Gasteiger partial charge in [0.25, 0.3) is 0 Å². The zero-order valence-electron chi connectivity index (χ0n) is 30.6. The Morgan fingerprint density at radius 2 is 1.22 bits per heavy atom. The summed E-state index contributed by atoms with van der Waals surface area (Å²) in [5.41, 5.74) is -0.128. The van der Waals surface area contributed by atoms with E-state index in [-0.39, 0.29) is 22.7 Å². The monoisotopic (exact) mass is 613 g/mol. The third kappa shape index (κ3) is 12.3. The number of hydrogen-bond acceptors (Lipinski definition) is 4. The highest BCUT2D eigenvalue weighted by Gasteiger charge is 2.44. The van der Waals surface area contributed by atoms with Crippen LogP contribution in [0.1, 0.15) is 135 Å². The highest BCUT2D eigenvalue weighted by molar-refractivity contribution is 6.74. The number of carbonyl (C=O) groups is 1. The van der Waals surface area contributed by atoms with Gasteiger partial charge in [0.05, 0.1) is 12.6 Å². The summed E-state index contributed by atoms with van der Waals surface area (Å²) in [6, 6.07) is 0.0951. The van der Waals surface area contributed by atoms with Crippen LogP contribution in [-0.4, -0.2) is 58.0 Å². The fourth-order valence-electron chi connectivity index (χ4n) is 5.44. The maximum Gasteiger partial charge on any atom is 0.411 e. The van der Waals surface area contributed by atoms with Crippen LogP contribution < -0.4 is 0 Å². The lowest BCUT2D eigenvalue weighted by Gasteiger charge is -2.48. The summed E-state index contributed by atoms with van der Waals surface area (Å²) in [6.07, 6.45) is 8.40. The molecule has 2 atom stereocenters. The van der Waals surface area contributed by atoms with E-state index in [9.17, 15) is 4.79 Å². The van der Waals surface area contributed by atoms with Gasteiger partial charge in [0, 0.05) is 12.1 Å². The Morgan fingerprint density at radius 3 is 1.66 bits per heavy atom. The Labute approximate surface area is 258 Å². The number of piperidine rings is 1. The molecule has 41 heavy (non-hydrogen) atoms. The first kappa shape index (κ1) is 38.6. The van der Waals surface area contributed by atoms with Crippen molar-refractivity contribution >= 4 is 22.7 Å². The molecule has 0 N–H and O–H groups in total. The number of carbonyl (C=O) groups excluding carboxylic acids is 1. The third-order valence-corrected chi connectivity index (χ3v) is 19.2. The second kappa shape index (κ2) is 13.7. The maximum atomic E-state index is 12.8. The normalized spacial score (nSPS) is 23.9. The van der Waals surface area contributed by atoms with Crippen molar-refractivity contribution in [2.45, 2.75) is 188 Å². The molecule has 1 heterocycles. The molecule has 0 aromatic rings. The van der Waals surface area contributed by atoms with Crippen molar-refractivity contribution in [3.05, 3.63) is 0 Å². The minimum atomic E-state index is -1.83. The quantitative estimate of drug-likeness (QED) is 0.280. The van der Waals surface area contributed by atoms with E-state index in [0.29, 0.717) is 17.1 Å². The number of rotatable bonds is 6. The van der Waals surface area contributed by atoms with Crippen molar-refractivity contribution in [1.29, 1.82) is 0 Å². The summed E-state index contributed by atoms with van der Waals surface area (Å²) in [5.74, 6) is 0.799. The molecule has 5 nitrogen and oxygen atoms in total.